The van der Waals surface area contributed by atoms with E-state index in [0.29, 0.717) is 37.4 Å². The van der Waals surface area contributed by atoms with Crippen LogP contribution in [0.1, 0.15) is 18.9 Å². The van der Waals surface area contributed by atoms with Crippen molar-refractivity contribution in [3.8, 4) is 11.4 Å². The van der Waals surface area contributed by atoms with Crippen LogP contribution in [-0.4, -0.2) is 85.6 Å². The molecule has 2 saturated heterocycles. The molecule has 11 heteroatoms. The lowest BCUT2D eigenvalue weighted by atomic mass is 10.1. The van der Waals surface area contributed by atoms with Gasteiger partial charge < -0.3 is 24.4 Å². The average molecular weight is 482 g/mol. The highest BCUT2D eigenvalue weighted by Crippen LogP contribution is 2.31. The highest BCUT2D eigenvalue weighted by Gasteiger charge is 2.24. The van der Waals surface area contributed by atoms with Gasteiger partial charge in [0.2, 0.25) is 0 Å². The van der Waals surface area contributed by atoms with E-state index in [2.05, 4.69) is 20.2 Å². The van der Waals surface area contributed by atoms with Crippen LogP contribution < -0.4 is 15.5 Å². The van der Waals surface area contributed by atoms with Crippen LogP contribution >= 0.6 is 0 Å². The molecule has 1 aromatic carbocycles. The van der Waals surface area contributed by atoms with Gasteiger partial charge in [-0.05, 0) is 50.2 Å². The monoisotopic (exact) mass is 481 g/mol. The molecule has 2 aliphatic rings. The van der Waals surface area contributed by atoms with Gasteiger partial charge in [0.25, 0.3) is 0 Å². The molecule has 0 saturated carbocycles. The molecular formula is C24H31N7O4. The maximum atomic E-state index is 11.9. The Kier molecular flexibility index (Phi) is 7.36. The van der Waals surface area contributed by atoms with Gasteiger partial charge in [-0.1, -0.05) is 0 Å². The van der Waals surface area contributed by atoms with Gasteiger partial charge in [0, 0.05) is 31.5 Å². The van der Waals surface area contributed by atoms with Gasteiger partial charge >= 0.3 is 6.09 Å². The third-order valence-corrected chi connectivity index (χ3v) is 6.31. The lowest BCUT2D eigenvalue weighted by Gasteiger charge is -2.28. The number of morpholine rings is 1. The van der Waals surface area contributed by atoms with Crippen LogP contribution in [0.4, 0.5) is 16.3 Å². The first-order valence-corrected chi connectivity index (χ1v) is 12.0. The lowest BCUT2D eigenvalue weighted by Crippen LogP contribution is -2.37. The first-order valence-electron chi connectivity index (χ1n) is 12.0. The molecule has 2 fully saturated rings. The Bertz CT molecular complexity index is 1140. The Balaban J connectivity index is 1.45. The topological polar surface area (TPSA) is 116 Å². The van der Waals surface area contributed by atoms with E-state index in [9.17, 15) is 4.79 Å². The Morgan fingerprint density at radius 1 is 1.14 bits per heavy atom. The number of rotatable bonds is 7. The Labute approximate surface area is 203 Å². The normalized spacial score (nSPS) is 17.0. The number of benzene rings is 1. The maximum absolute atomic E-state index is 11.9. The highest BCUT2D eigenvalue weighted by atomic mass is 16.6. The van der Waals surface area contributed by atoms with Gasteiger partial charge in [0.15, 0.2) is 11.5 Å². The summed E-state index contributed by atoms with van der Waals surface area (Å²) in [5, 5.41) is 11.8. The predicted molar refractivity (Wildman–Crippen MR) is 132 cm³/mol. The molecule has 0 radical (unpaired) electrons. The fraction of sp³-hybridized carbons (Fsp3) is 0.500. The second-order valence-electron chi connectivity index (χ2n) is 8.61. The number of anilines is 2. The fourth-order valence-electron chi connectivity index (χ4n) is 4.45. The molecule has 0 aliphatic carbocycles. The van der Waals surface area contributed by atoms with Gasteiger partial charge in [-0.25, -0.2) is 19.4 Å². The number of carbonyl (C=O) groups is 1. The van der Waals surface area contributed by atoms with E-state index in [1.165, 1.54) is 0 Å². The standard InChI is InChI=1S/C24H31N7O4/c1-33-14-15-35-24(32)27-18-4-2-17(3-5-18)21-28-22(30-10-12-34-13-11-30)20-16-26-31(23(20)29-21)19-6-8-25-9-7-19/h2-5,16,19,25H,6-15H2,1H3,(H,27,32). The van der Waals surface area contributed by atoms with E-state index in [-0.39, 0.29) is 6.61 Å². The number of carbonyl (C=O) groups excluding carboxylic acids is 1. The number of piperidine rings is 1. The van der Waals surface area contributed by atoms with Gasteiger partial charge in [-0.2, -0.15) is 5.10 Å². The number of methoxy groups -OCH3 is 1. The van der Waals surface area contributed by atoms with E-state index in [1.54, 1.807) is 7.11 Å². The number of nitrogens with zero attached hydrogens (tertiary/aromatic N) is 5. The van der Waals surface area contributed by atoms with Crippen LogP contribution in [-0.2, 0) is 14.2 Å². The number of amides is 1. The second-order valence-corrected chi connectivity index (χ2v) is 8.61. The summed E-state index contributed by atoms with van der Waals surface area (Å²) in [4.78, 5) is 24.1. The largest absolute Gasteiger partial charge is 0.447 e. The third kappa shape index (κ3) is 5.37. The Morgan fingerprint density at radius 2 is 1.91 bits per heavy atom. The number of aromatic nitrogens is 4. The molecule has 5 rings (SSSR count). The molecule has 3 aromatic rings. The molecule has 0 spiro atoms. The number of ether oxygens (including phenoxy) is 3. The van der Waals surface area contributed by atoms with Crippen molar-refractivity contribution in [2.75, 3.05) is 69.9 Å². The van der Waals surface area contributed by atoms with E-state index < -0.39 is 6.09 Å². The zero-order valence-electron chi connectivity index (χ0n) is 19.9. The van der Waals surface area contributed by atoms with Crippen molar-refractivity contribution in [2.45, 2.75) is 18.9 Å². The lowest BCUT2D eigenvalue weighted by molar-refractivity contribution is 0.107. The average Bonchev–Trinajstić information content (AvgIpc) is 3.34. The molecule has 0 bridgehead atoms. The zero-order valence-corrected chi connectivity index (χ0v) is 19.9. The Hall–Kier alpha value is -3.28. The van der Waals surface area contributed by atoms with Gasteiger partial charge in [-0.15, -0.1) is 0 Å². The van der Waals surface area contributed by atoms with Crippen LogP contribution in [0.5, 0.6) is 0 Å². The maximum Gasteiger partial charge on any atom is 0.411 e. The van der Waals surface area contributed by atoms with Gasteiger partial charge in [0.1, 0.15) is 12.4 Å². The van der Waals surface area contributed by atoms with Crippen molar-refractivity contribution < 1.29 is 19.0 Å². The van der Waals surface area contributed by atoms with Crippen molar-refractivity contribution in [2.24, 2.45) is 0 Å². The minimum atomic E-state index is -0.520. The highest BCUT2D eigenvalue weighted by molar-refractivity contribution is 5.89. The SMILES string of the molecule is COCCOC(=O)Nc1ccc(-c2nc(N3CCOCC3)c3cnn(C4CCNCC4)c3n2)cc1. The molecule has 186 valence electrons. The molecule has 2 aromatic heterocycles. The number of hydrogen-bond acceptors (Lipinski definition) is 9. The zero-order chi connectivity index (χ0) is 24.0. The van der Waals surface area contributed by atoms with Crippen LogP contribution in [0.3, 0.4) is 0 Å². The number of fused-ring (bicyclic) bond motifs is 1. The second kappa shape index (κ2) is 11.0. The molecule has 11 nitrogen and oxygen atoms in total. The van der Waals surface area contributed by atoms with Crippen molar-refractivity contribution >= 4 is 28.6 Å². The summed E-state index contributed by atoms with van der Waals surface area (Å²) in [6.45, 7) is 5.39. The molecule has 2 N–H and O–H groups in total. The summed E-state index contributed by atoms with van der Waals surface area (Å²) in [6, 6.07) is 7.75. The summed E-state index contributed by atoms with van der Waals surface area (Å²) in [5.74, 6) is 1.52. The third-order valence-electron chi connectivity index (χ3n) is 6.31. The molecule has 2 aliphatic heterocycles. The fourth-order valence-corrected chi connectivity index (χ4v) is 4.45. The molecule has 35 heavy (non-hydrogen) atoms. The number of nitrogens with one attached hydrogen (secondary N) is 2. The molecule has 1 amide bonds. The smallest absolute Gasteiger partial charge is 0.411 e. The van der Waals surface area contributed by atoms with Crippen molar-refractivity contribution in [3.05, 3.63) is 30.5 Å². The molecule has 0 atom stereocenters. The first kappa shape index (κ1) is 23.5. The van der Waals surface area contributed by atoms with Crippen LogP contribution in [0.15, 0.2) is 30.5 Å². The summed E-state index contributed by atoms with van der Waals surface area (Å²) in [7, 11) is 1.56. The van der Waals surface area contributed by atoms with E-state index >= 15 is 0 Å². The van der Waals surface area contributed by atoms with Crippen molar-refractivity contribution in [1.29, 1.82) is 0 Å². The summed E-state index contributed by atoms with van der Waals surface area (Å²) >= 11 is 0. The quantitative estimate of drug-likeness (QED) is 0.491. The van der Waals surface area contributed by atoms with E-state index in [1.807, 2.05) is 30.5 Å². The Morgan fingerprint density at radius 3 is 2.66 bits per heavy atom. The molecular weight excluding hydrogens is 450 g/mol. The predicted octanol–water partition coefficient (Wildman–Crippen LogP) is 2.45. The van der Waals surface area contributed by atoms with Crippen molar-refractivity contribution in [3.63, 3.8) is 0 Å². The summed E-state index contributed by atoms with van der Waals surface area (Å²) in [6.07, 6.45) is 3.41. The summed E-state index contributed by atoms with van der Waals surface area (Å²) < 4.78 is 17.6. The number of hydrogen-bond donors (Lipinski definition) is 2. The van der Waals surface area contributed by atoms with Crippen LogP contribution in [0.2, 0.25) is 0 Å². The minimum Gasteiger partial charge on any atom is -0.447 e. The van der Waals surface area contributed by atoms with E-state index in [0.717, 1.165) is 61.4 Å². The van der Waals surface area contributed by atoms with E-state index in [4.69, 9.17) is 29.3 Å². The summed E-state index contributed by atoms with van der Waals surface area (Å²) in [5.41, 5.74) is 2.34. The van der Waals surface area contributed by atoms with Crippen molar-refractivity contribution in [1.82, 2.24) is 25.1 Å². The minimum absolute atomic E-state index is 0.198. The van der Waals surface area contributed by atoms with Gasteiger partial charge in [-0.3, -0.25) is 5.32 Å². The van der Waals surface area contributed by atoms with Crippen LogP contribution in [0, 0.1) is 0 Å². The molecule has 4 heterocycles. The molecule has 0 unspecified atom stereocenters. The van der Waals surface area contributed by atoms with Gasteiger partial charge in [0.05, 0.1) is 37.4 Å². The first-order chi connectivity index (χ1) is 17.2. The van der Waals surface area contributed by atoms with Crippen LogP contribution in [0.25, 0.3) is 22.4 Å².